The highest BCUT2D eigenvalue weighted by molar-refractivity contribution is 9.10. The fraction of sp³-hybridized carbons (Fsp3) is 0. The van der Waals surface area contributed by atoms with E-state index in [1.54, 1.807) is 24.3 Å². The van der Waals surface area contributed by atoms with Gasteiger partial charge in [-0.1, -0.05) is 39.7 Å². The maximum atomic E-state index is 12.1. The van der Waals surface area contributed by atoms with Gasteiger partial charge in [0.05, 0.1) is 10.7 Å². The summed E-state index contributed by atoms with van der Waals surface area (Å²) < 4.78 is 27.3. The van der Waals surface area contributed by atoms with Gasteiger partial charge >= 0.3 is 0 Å². The molecule has 0 bridgehead atoms. The standard InChI is InChI=1S/C12H9BrClNO3S/c13-8-5-6-9(14)10(7-8)15-19(17,18)12-4-2-1-3-11(12)16/h1-7,15-16H. The Morgan fingerprint density at radius 2 is 1.84 bits per heavy atom. The minimum atomic E-state index is -3.89. The number of phenols is 1. The first-order valence-corrected chi connectivity index (χ1v) is 7.81. The average molecular weight is 363 g/mol. The Morgan fingerprint density at radius 3 is 2.53 bits per heavy atom. The summed E-state index contributed by atoms with van der Waals surface area (Å²) in [6.07, 6.45) is 0. The van der Waals surface area contributed by atoms with Crippen molar-refractivity contribution in [3.05, 3.63) is 52.0 Å². The van der Waals surface area contributed by atoms with Gasteiger partial charge in [0.2, 0.25) is 0 Å². The molecule has 0 saturated carbocycles. The Labute approximate surface area is 124 Å². The lowest BCUT2D eigenvalue weighted by atomic mass is 10.3. The molecule has 0 heterocycles. The molecule has 0 fully saturated rings. The molecule has 0 amide bonds. The molecule has 0 aliphatic carbocycles. The van der Waals surface area contributed by atoms with E-state index in [4.69, 9.17) is 11.6 Å². The molecule has 2 aromatic carbocycles. The molecule has 0 aliphatic heterocycles. The molecular weight excluding hydrogens is 354 g/mol. The number of aromatic hydroxyl groups is 1. The molecule has 4 nitrogen and oxygen atoms in total. The highest BCUT2D eigenvalue weighted by Gasteiger charge is 2.19. The van der Waals surface area contributed by atoms with Crippen molar-refractivity contribution < 1.29 is 13.5 Å². The third-order valence-corrected chi connectivity index (χ3v) is 4.56. The highest BCUT2D eigenvalue weighted by atomic mass is 79.9. The molecule has 2 aromatic rings. The van der Waals surface area contributed by atoms with Crippen molar-refractivity contribution in [3.63, 3.8) is 0 Å². The normalized spacial score (nSPS) is 11.3. The Hall–Kier alpha value is -1.24. The monoisotopic (exact) mass is 361 g/mol. The third-order valence-electron chi connectivity index (χ3n) is 2.33. The van der Waals surface area contributed by atoms with Crippen molar-refractivity contribution in [1.29, 1.82) is 0 Å². The highest BCUT2D eigenvalue weighted by Crippen LogP contribution is 2.29. The van der Waals surface area contributed by atoms with Crippen LogP contribution in [-0.2, 0) is 10.0 Å². The van der Waals surface area contributed by atoms with Crippen molar-refractivity contribution in [3.8, 4) is 5.75 Å². The molecule has 100 valence electrons. The van der Waals surface area contributed by atoms with Crippen LogP contribution < -0.4 is 4.72 Å². The first-order valence-electron chi connectivity index (χ1n) is 5.16. The zero-order valence-corrected chi connectivity index (χ0v) is 12.6. The number of nitrogens with one attached hydrogen (secondary N) is 1. The van der Waals surface area contributed by atoms with Gasteiger partial charge in [-0.15, -0.1) is 0 Å². The summed E-state index contributed by atoms with van der Waals surface area (Å²) in [6.45, 7) is 0. The molecule has 0 aliphatic rings. The van der Waals surface area contributed by atoms with E-state index in [9.17, 15) is 13.5 Å². The van der Waals surface area contributed by atoms with E-state index in [0.717, 1.165) is 0 Å². The Bertz CT molecular complexity index is 719. The molecule has 0 spiro atoms. The van der Waals surface area contributed by atoms with Crippen LogP contribution in [0.3, 0.4) is 0 Å². The largest absolute Gasteiger partial charge is 0.507 e. The molecule has 0 saturated heterocycles. The summed E-state index contributed by atoms with van der Waals surface area (Å²) in [4.78, 5) is -0.203. The van der Waals surface area contributed by atoms with Crippen molar-refractivity contribution in [2.24, 2.45) is 0 Å². The zero-order valence-electron chi connectivity index (χ0n) is 9.47. The summed E-state index contributed by atoms with van der Waals surface area (Å²) >= 11 is 9.15. The molecule has 0 radical (unpaired) electrons. The van der Waals surface area contributed by atoms with Gasteiger partial charge in [0.25, 0.3) is 10.0 Å². The summed E-state index contributed by atoms with van der Waals surface area (Å²) in [5.41, 5.74) is 0.235. The Morgan fingerprint density at radius 1 is 1.16 bits per heavy atom. The lowest BCUT2D eigenvalue weighted by Crippen LogP contribution is -2.13. The van der Waals surface area contributed by atoms with E-state index in [0.29, 0.717) is 4.47 Å². The van der Waals surface area contributed by atoms with Gasteiger partial charge in [0, 0.05) is 4.47 Å². The number of rotatable bonds is 3. The lowest BCUT2D eigenvalue weighted by Gasteiger charge is -2.11. The van der Waals surface area contributed by atoms with Crippen LogP contribution in [0, 0.1) is 0 Å². The van der Waals surface area contributed by atoms with E-state index in [2.05, 4.69) is 20.7 Å². The van der Waals surface area contributed by atoms with Gasteiger partial charge in [0.15, 0.2) is 0 Å². The van der Waals surface area contributed by atoms with E-state index >= 15 is 0 Å². The minimum absolute atomic E-state index is 0.203. The van der Waals surface area contributed by atoms with Gasteiger partial charge in [-0.25, -0.2) is 8.42 Å². The summed E-state index contributed by atoms with van der Waals surface area (Å²) in [7, 11) is -3.89. The van der Waals surface area contributed by atoms with E-state index < -0.39 is 10.0 Å². The van der Waals surface area contributed by atoms with E-state index in [1.165, 1.54) is 18.2 Å². The van der Waals surface area contributed by atoms with Crippen LogP contribution in [0.4, 0.5) is 5.69 Å². The fourth-order valence-electron chi connectivity index (χ4n) is 1.46. The molecule has 2 N–H and O–H groups in total. The lowest BCUT2D eigenvalue weighted by molar-refractivity contribution is 0.459. The van der Waals surface area contributed by atoms with Crippen molar-refractivity contribution in [2.45, 2.75) is 4.90 Å². The number of hydrogen-bond donors (Lipinski definition) is 2. The second-order valence-corrected chi connectivity index (χ2v) is 6.67. The van der Waals surface area contributed by atoms with Crippen molar-refractivity contribution >= 4 is 43.2 Å². The number of para-hydroxylation sites is 1. The quantitative estimate of drug-likeness (QED) is 0.876. The maximum Gasteiger partial charge on any atom is 0.265 e. The first kappa shape index (κ1) is 14.2. The molecule has 0 aromatic heterocycles. The molecule has 19 heavy (non-hydrogen) atoms. The second-order valence-electron chi connectivity index (χ2n) is 3.70. The third kappa shape index (κ3) is 3.20. The van der Waals surface area contributed by atoms with E-state index in [1.807, 2.05) is 0 Å². The SMILES string of the molecule is O=S(=O)(Nc1cc(Br)ccc1Cl)c1ccccc1O. The number of halogens is 2. The Kier molecular flexibility index (Phi) is 4.03. The molecule has 2 rings (SSSR count). The number of anilines is 1. The molecule has 0 unspecified atom stereocenters. The summed E-state index contributed by atoms with van der Waals surface area (Å²) in [5.74, 6) is -0.318. The smallest absolute Gasteiger partial charge is 0.265 e. The van der Waals surface area contributed by atoms with Gasteiger partial charge in [-0.05, 0) is 30.3 Å². The van der Waals surface area contributed by atoms with E-state index in [-0.39, 0.29) is 21.4 Å². The molecular formula is C12H9BrClNO3S. The maximum absolute atomic E-state index is 12.1. The van der Waals surface area contributed by atoms with Crippen LogP contribution in [-0.4, -0.2) is 13.5 Å². The summed E-state index contributed by atoms with van der Waals surface area (Å²) in [5, 5.41) is 9.85. The fourth-order valence-corrected chi connectivity index (χ4v) is 3.21. The van der Waals surface area contributed by atoms with Crippen LogP contribution in [0.15, 0.2) is 51.8 Å². The van der Waals surface area contributed by atoms with Crippen LogP contribution in [0.2, 0.25) is 5.02 Å². The van der Waals surface area contributed by atoms with Crippen LogP contribution in [0.1, 0.15) is 0 Å². The van der Waals surface area contributed by atoms with Gasteiger partial charge in [-0.3, -0.25) is 4.72 Å². The van der Waals surface area contributed by atoms with Gasteiger partial charge < -0.3 is 5.11 Å². The van der Waals surface area contributed by atoms with Gasteiger partial charge in [-0.2, -0.15) is 0 Å². The number of benzene rings is 2. The van der Waals surface area contributed by atoms with Crippen molar-refractivity contribution in [2.75, 3.05) is 4.72 Å². The zero-order chi connectivity index (χ0) is 14.0. The van der Waals surface area contributed by atoms with Crippen LogP contribution >= 0.6 is 27.5 Å². The predicted molar refractivity (Wildman–Crippen MR) is 78.1 cm³/mol. The number of sulfonamides is 1. The summed E-state index contributed by atoms with van der Waals surface area (Å²) in [6, 6.07) is 10.5. The van der Waals surface area contributed by atoms with Crippen LogP contribution in [0.25, 0.3) is 0 Å². The Balaban J connectivity index is 2.43. The molecule has 0 atom stereocenters. The second kappa shape index (κ2) is 5.40. The average Bonchev–Trinajstić information content (AvgIpc) is 2.34. The van der Waals surface area contributed by atoms with Crippen LogP contribution in [0.5, 0.6) is 5.75 Å². The first-order chi connectivity index (χ1) is 8.90. The van der Waals surface area contributed by atoms with Gasteiger partial charge in [0.1, 0.15) is 10.6 Å². The molecule has 7 heteroatoms. The number of phenolic OH excluding ortho intramolecular Hbond substituents is 1. The minimum Gasteiger partial charge on any atom is -0.507 e. The topological polar surface area (TPSA) is 66.4 Å². The predicted octanol–water partition coefficient (Wildman–Crippen LogP) is 3.61. The number of hydrogen-bond acceptors (Lipinski definition) is 3. The van der Waals surface area contributed by atoms with Crippen molar-refractivity contribution in [1.82, 2.24) is 0 Å².